The van der Waals surface area contributed by atoms with Crippen molar-refractivity contribution in [2.45, 2.75) is 42.8 Å². The van der Waals surface area contributed by atoms with Crippen LogP contribution in [0.1, 0.15) is 25.3 Å². The lowest BCUT2D eigenvalue weighted by Crippen LogP contribution is -2.46. The Morgan fingerprint density at radius 3 is 2.58 bits per heavy atom. The van der Waals surface area contributed by atoms with Crippen molar-refractivity contribution in [3.63, 3.8) is 0 Å². The predicted molar refractivity (Wildman–Crippen MR) is 90.6 cm³/mol. The number of aromatic nitrogens is 2. The summed E-state index contributed by atoms with van der Waals surface area (Å²) in [5, 5.41) is 3.67. The van der Waals surface area contributed by atoms with E-state index in [2.05, 4.69) is 29.2 Å². The molecule has 132 valence electrons. The molecule has 1 aliphatic heterocycles. The second-order valence-electron chi connectivity index (χ2n) is 6.70. The standard InChI is InChI=1S/C16H21F3N4S/c1-11-10-12-13(21-15(2)4-7-22(3)8-5-15)20-6-9-23(12)14(11)24-16(17,18)19/h6,9-10H,4-5,7-8H2,1-3H3,(H,20,21). The Bertz CT molecular complexity index is 733. The first-order valence-electron chi connectivity index (χ1n) is 7.86. The van der Waals surface area contributed by atoms with Crippen LogP contribution in [0.2, 0.25) is 0 Å². The lowest BCUT2D eigenvalue weighted by Gasteiger charge is -2.39. The molecule has 0 aliphatic carbocycles. The van der Waals surface area contributed by atoms with Crippen molar-refractivity contribution in [3.05, 3.63) is 24.0 Å². The summed E-state index contributed by atoms with van der Waals surface area (Å²) in [6, 6.07) is 1.77. The predicted octanol–water partition coefficient (Wildman–Crippen LogP) is 4.15. The minimum atomic E-state index is -4.31. The van der Waals surface area contributed by atoms with Crippen LogP contribution in [0.5, 0.6) is 0 Å². The molecule has 0 spiro atoms. The van der Waals surface area contributed by atoms with Crippen LogP contribution in [-0.2, 0) is 0 Å². The number of likely N-dealkylation sites (tertiary alicyclic amines) is 1. The molecule has 1 saturated heterocycles. The first-order valence-corrected chi connectivity index (χ1v) is 8.68. The Hall–Kier alpha value is -1.41. The maximum atomic E-state index is 12.8. The minimum absolute atomic E-state index is 0.0816. The second kappa shape index (κ2) is 6.15. The Morgan fingerprint density at radius 1 is 1.29 bits per heavy atom. The number of nitrogens with zero attached hydrogens (tertiary/aromatic N) is 3. The van der Waals surface area contributed by atoms with Gasteiger partial charge in [-0.05, 0) is 45.4 Å². The highest BCUT2D eigenvalue weighted by atomic mass is 32.2. The highest BCUT2D eigenvalue weighted by molar-refractivity contribution is 8.00. The van der Waals surface area contributed by atoms with Gasteiger partial charge in [-0.1, -0.05) is 0 Å². The Kier molecular flexibility index (Phi) is 4.46. The van der Waals surface area contributed by atoms with E-state index in [1.54, 1.807) is 29.8 Å². The van der Waals surface area contributed by atoms with Gasteiger partial charge in [0, 0.05) is 42.8 Å². The molecule has 1 N–H and O–H groups in total. The lowest BCUT2D eigenvalue weighted by molar-refractivity contribution is -0.0330. The molecule has 2 aromatic rings. The summed E-state index contributed by atoms with van der Waals surface area (Å²) in [7, 11) is 2.09. The van der Waals surface area contributed by atoms with Gasteiger partial charge in [0.25, 0.3) is 0 Å². The summed E-state index contributed by atoms with van der Waals surface area (Å²) in [4.78, 5) is 6.65. The van der Waals surface area contributed by atoms with Crippen molar-refractivity contribution >= 4 is 23.1 Å². The van der Waals surface area contributed by atoms with Gasteiger partial charge in [0.2, 0.25) is 0 Å². The van der Waals surface area contributed by atoms with Crippen LogP contribution in [0, 0.1) is 6.92 Å². The third kappa shape index (κ3) is 3.64. The fourth-order valence-corrected chi connectivity index (χ4v) is 3.76. The van der Waals surface area contributed by atoms with Crippen molar-refractivity contribution in [2.24, 2.45) is 0 Å². The van der Waals surface area contributed by atoms with Crippen LogP contribution < -0.4 is 5.32 Å². The van der Waals surface area contributed by atoms with Crippen molar-refractivity contribution < 1.29 is 13.2 Å². The SMILES string of the molecule is Cc1cc2c(NC3(C)CCN(C)CC3)nccn2c1SC(F)(F)F. The molecule has 0 atom stereocenters. The number of hydrogen-bond donors (Lipinski definition) is 1. The van der Waals surface area contributed by atoms with Gasteiger partial charge >= 0.3 is 5.51 Å². The van der Waals surface area contributed by atoms with Crippen molar-refractivity contribution in [1.29, 1.82) is 0 Å². The number of rotatable bonds is 3. The molecule has 0 bridgehead atoms. The van der Waals surface area contributed by atoms with Crippen LogP contribution in [0.3, 0.4) is 0 Å². The number of halogens is 3. The fraction of sp³-hybridized carbons (Fsp3) is 0.562. The summed E-state index contributed by atoms with van der Waals surface area (Å²) in [5.74, 6) is 0.640. The normalized spacial score (nSPS) is 18.9. The molecular weight excluding hydrogens is 337 g/mol. The average molecular weight is 358 g/mol. The van der Waals surface area contributed by atoms with E-state index >= 15 is 0 Å². The molecule has 2 aromatic heterocycles. The highest BCUT2D eigenvalue weighted by Gasteiger charge is 2.33. The molecule has 0 saturated carbocycles. The van der Waals surface area contributed by atoms with E-state index in [1.807, 2.05) is 0 Å². The molecule has 0 aromatic carbocycles. The molecule has 4 nitrogen and oxygen atoms in total. The summed E-state index contributed by atoms with van der Waals surface area (Å²) < 4.78 is 40.0. The molecule has 1 fully saturated rings. The van der Waals surface area contributed by atoms with Gasteiger partial charge in [-0.3, -0.25) is 0 Å². The molecule has 0 radical (unpaired) electrons. The molecule has 3 rings (SSSR count). The molecule has 1 aliphatic rings. The second-order valence-corrected chi connectivity index (χ2v) is 7.75. The minimum Gasteiger partial charge on any atom is -0.363 e. The first-order chi connectivity index (χ1) is 11.2. The number of hydrogen-bond acceptors (Lipinski definition) is 4. The van der Waals surface area contributed by atoms with Crippen molar-refractivity contribution in [3.8, 4) is 0 Å². The fourth-order valence-electron chi connectivity index (χ4n) is 3.07. The molecule has 0 amide bonds. The zero-order valence-corrected chi connectivity index (χ0v) is 14.8. The van der Waals surface area contributed by atoms with Gasteiger partial charge < -0.3 is 14.6 Å². The smallest absolute Gasteiger partial charge is 0.363 e. The molecule has 3 heterocycles. The monoisotopic (exact) mass is 358 g/mol. The van der Waals surface area contributed by atoms with E-state index < -0.39 is 5.51 Å². The van der Waals surface area contributed by atoms with Gasteiger partial charge in [0.05, 0.1) is 10.5 Å². The van der Waals surface area contributed by atoms with E-state index in [4.69, 9.17) is 0 Å². The van der Waals surface area contributed by atoms with E-state index in [1.165, 1.54) is 0 Å². The number of aryl methyl sites for hydroxylation is 1. The average Bonchev–Trinajstić information content (AvgIpc) is 2.79. The van der Waals surface area contributed by atoms with Crippen LogP contribution in [0.4, 0.5) is 19.0 Å². The first kappa shape index (κ1) is 17.4. The van der Waals surface area contributed by atoms with Crippen LogP contribution in [-0.4, -0.2) is 45.5 Å². The van der Waals surface area contributed by atoms with Gasteiger partial charge in [0.1, 0.15) is 0 Å². The van der Waals surface area contributed by atoms with Crippen LogP contribution >= 0.6 is 11.8 Å². The summed E-state index contributed by atoms with van der Waals surface area (Å²) in [6.45, 7) is 5.82. The van der Waals surface area contributed by atoms with E-state index in [9.17, 15) is 13.2 Å². The maximum absolute atomic E-state index is 12.8. The lowest BCUT2D eigenvalue weighted by atomic mass is 9.90. The van der Waals surface area contributed by atoms with Gasteiger partial charge in [-0.15, -0.1) is 0 Å². The van der Waals surface area contributed by atoms with Crippen LogP contribution in [0.15, 0.2) is 23.5 Å². The van der Waals surface area contributed by atoms with E-state index in [0.717, 1.165) is 25.9 Å². The number of fused-ring (bicyclic) bond motifs is 1. The highest BCUT2D eigenvalue weighted by Crippen LogP contribution is 2.40. The van der Waals surface area contributed by atoms with Gasteiger partial charge in [-0.2, -0.15) is 13.2 Å². The largest absolute Gasteiger partial charge is 0.447 e. The Labute approximate surface area is 143 Å². The summed E-state index contributed by atoms with van der Waals surface area (Å²) >= 11 is -0.0816. The number of anilines is 1. The Balaban J connectivity index is 1.94. The quantitative estimate of drug-likeness (QED) is 0.836. The molecular formula is C16H21F3N4S. The zero-order valence-electron chi connectivity index (χ0n) is 13.9. The molecule has 0 unspecified atom stereocenters. The van der Waals surface area contributed by atoms with Crippen molar-refractivity contribution in [1.82, 2.24) is 14.3 Å². The summed E-state index contributed by atoms with van der Waals surface area (Å²) in [6.07, 6.45) is 5.07. The van der Waals surface area contributed by atoms with E-state index in [-0.39, 0.29) is 22.3 Å². The Morgan fingerprint density at radius 2 is 1.96 bits per heavy atom. The van der Waals surface area contributed by atoms with Gasteiger partial charge in [0.15, 0.2) is 5.82 Å². The molecule has 24 heavy (non-hydrogen) atoms. The molecule has 8 heteroatoms. The van der Waals surface area contributed by atoms with Crippen LogP contribution in [0.25, 0.3) is 5.52 Å². The number of thioether (sulfide) groups is 1. The van der Waals surface area contributed by atoms with Crippen molar-refractivity contribution in [2.75, 3.05) is 25.5 Å². The summed E-state index contributed by atoms with van der Waals surface area (Å²) in [5.41, 5.74) is -3.13. The van der Waals surface area contributed by atoms with Gasteiger partial charge in [-0.25, -0.2) is 4.98 Å². The van der Waals surface area contributed by atoms with E-state index in [0.29, 0.717) is 16.9 Å². The number of nitrogens with one attached hydrogen (secondary N) is 1. The maximum Gasteiger partial charge on any atom is 0.447 e. The number of piperidine rings is 1. The topological polar surface area (TPSA) is 32.6 Å². The third-order valence-corrected chi connectivity index (χ3v) is 5.50. The number of alkyl halides is 3. The zero-order chi connectivity index (χ0) is 17.5. The third-order valence-electron chi connectivity index (χ3n) is 4.55.